The van der Waals surface area contributed by atoms with E-state index in [0.29, 0.717) is 19.3 Å². The topological polar surface area (TPSA) is 78.9 Å². The minimum Gasteiger partial charge on any atom is -0.462 e. The molecule has 0 aliphatic heterocycles. The van der Waals surface area contributed by atoms with Gasteiger partial charge >= 0.3 is 17.9 Å². The highest BCUT2D eigenvalue weighted by Crippen LogP contribution is 2.17. The predicted octanol–water partition coefficient (Wildman–Crippen LogP) is 23.4. The van der Waals surface area contributed by atoms with Crippen LogP contribution in [0.5, 0.6) is 0 Å². The number of unbranched alkanes of at least 4 members (excludes halogenated alkanes) is 32. The summed E-state index contributed by atoms with van der Waals surface area (Å²) in [5, 5.41) is 0. The minimum absolute atomic E-state index is 0.101. The standard InChI is InChI=1S/C74H126O6/c1-4-7-10-13-16-19-22-25-27-29-30-31-32-33-34-35-36-37-38-39-40-41-42-43-44-45-47-49-52-55-58-61-64-67-73(76)79-70-71(69-78-72(75)66-63-60-57-54-51-48-24-21-18-15-12-9-6-3)80-74(77)68-65-62-59-56-53-50-46-28-26-23-20-17-14-11-8-5-2/h7,9-10,12,16,18-19,21,25,27-28,30-31,46,48,51,57,60,71H,4-6,8,11,13-15,17,20,22-24,26,29,32-45,47,49-50,52-56,58-59,61-70H2,1-3H3/b10-7-,12-9-,19-16-,21-18-,27-25-,31-30-,46-28-,51-48-,60-57-. The minimum atomic E-state index is -0.811. The van der Waals surface area contributed by atoms with Gasteiger partial charge in [-0.25, -0.2) is 0 Å². The average Bonchev–Trinajstić information content (AvgIpc) is 3.46. The first-order valence-corrected chi connectivity index (χ1v) is 33.9. The van der Waals surface area contributed by atoms with Gasteiger partial charge in [0, 0.05) is 19.3 Å². The normalized spacial score (nSPS) is 12.8. The maximum absolute atomic E-state index is 12.9. The lowest BCUT2D eigenvalue weighted by Crippen LogP contribution is -2.30. The lowest BCUT2D eigenvalue weighted by atomic mass is 10.0. The molecule has 0 amide bonds. The van der Waals surface area contributed by atoms with Crippen LogP contribution in [0.1, 0.15) is 323 Å². The molecule has 1 unspecified atom stereocenters. The SMILES string of the molecule is CC/C=C\C/C=C\C/C=C\C/C=C\CCCCCCCCCCCCCCCCCCCCCCC(=O)OCC(COC(=O)CC/C=C\C/C=C\C/C=C\C/C=C\CC)OC(=O)CCCCCCC/C=C\CCCCCCCCC. The molecule has 0 bridgehead atoms. The quantitative estimate of drug-likeness (QED) is 0.0261. The van der Waals surface area contributed by atoms with Crippen molar-refractivity contribution in [1.82, 2.24) is 0 Å². The van der Waals surface area contributed by atoms with Crippen molar-refractivity contribution in [3.63, 3.8) is 0 Å². The molecule has 0 spiro atoms. The molecule has 0 aliphatic carbocycles. The Morgan fingerprint density at radius 3 is 0.850 bits per heavy atom. The second-order valence-electron chi connectivity index (χ2n) is 22.3. The predicted molar refractivity (Wildman–Crippen MR) is 348 cm³/mol. The molecule has 6 heteroatoms. The molecule has 0 aliphatic rings. The Hall–Kier alpha value is -3.93. The Labute approximate surface area is 495 Å². The van der Waals surface area contributed by atoms with Crippen molar-refractivity contribution in [1.29, 1.82) is 0 Å². The number of carbonyl (C=O) groups is 3. The smallest absolute Gasteiger partial charge is 0.306 e. The number of hydrogen-bond acceptors (Lipinski definition) is 6. The van der Waals surface area contributed by atoms with Crippen molar-refractivity contribution in [2.24, 2.45) is 0 Å². The van der Waals surface area contributed by atoms with Crippen LogP contribution >= 0.6 is 0 Å². The molecule has 0 aromatic carbocycles. The van der Waals surface area contributed by atoms with Gasteiger partial charge in [0.15, 0.2) is 6.10 Å². The van der Waals surface area contributed by atoms with Gasteiger partial charge in [-0.3, -0.25) is 14.4 Å². The molecule has 0 heterocycles. The van der Waals surface area contributed by atoms with Gasteiger partial charge < -0.3 is 14.2 Å². The highest BCUT2D eigenvalue weighted by molar-refractivity contribution is 5.71. The molecule has 0 rings (SSSR count). The zero-order valence-electron chi connectivity index (χ0n) is 52.6. The number of rotatable bonds is 61. The van der Waals surface area contributed by atoms with Gasteiger partial charge in [-0.1, -0.05) is 304 Å². The molecule has 0 aromatic heterocycles. The first-order chi connectivity index (χ1) is 39.5. The van der Waals surface area contributed by atoms with E-state index in [-0.39, 0.29) is 37.5 Å². The Kier molecular flexibility index (Phi) is 64.3. The lowest BCUT2D eigenvalue weighted by molar-refractivity contribution is -0.166. The third kappa shape index (κ3) is 64.9. The van der Waals surface area contributed by atoms with E-state index in [2.05, 4.69) is 124 Å². The number of carbonyl (C=O) groups excluding carboxylic acids is 3. The van der Waals surface area contributed by atoms with Crippen LogP contribution in [-0.4, -0.2) is 37.2 Å². The molecule has 1 atom stereocenters. The van der Waals surface area contributed by atoms with Crippen LogP contribution in [0.25, 0.3) is 0 Å². The fourth-order valence-electron chi connectivity index (χ4n) is 9.50. The number of allylic oxidation sites excluding steroid dienone is 18. The molecule has 458 valence electrons. The highest BCUT2D eigenvalue weighted by Gasteiger charge is 2.19. The number of hydrogen-bond donors (Lipinski definition) is 0. The van der Waals surface area contributed by atoms with E-state index in [1.807, 2.05) is 6.08 Å². The summed E-state index contributed by atoms with van der Waals surface area (Å²) in [4.78, 5) is 38.2. The summed E-state index contributed by atoms with van der Waals surface area (Å²) in [6, 6.07) is 0. The molecule has 0 aromatic rings. The van der Waals surface area contributed by atoms with Gasteiger partial charge in [0.1, 0.15) is 13.2 Å². The molecule has 0 radical (unpaired) electrons. The number of ether oxygens (including phenoxy) is 3. The summed E-state index contributed by atoms with van der Waals surface area (Å²) in [6.45, 7) is 6.36. The largest absolute Gasteiger partial charge is 0.462 e. The molecule has 80 heavy (non-hydrogen) atoms. The van der Waals surface area contributed by atoms with Gasteiger partial charge in [0.05, 0.1) is 0 Å². The van der Waals surface area contributed by atoms with Crippen LogP contribution < -0.4 is 0 Å². The lowest BCUT2D eigenvalue weighted by Gasteiger charge is -2.18. The van der Waals surface area contributed by atoms with Crippen LogP contribution in [0.4, 0.5) is 0 Å². The molecule has 0 N–H and O–H groups in total. The van der Waals surface area contributed by atoms with E-state index in [1.165, 1.54) is 173 Å². The van der Waals surface area contributed by atoms with E-state index in [1.54, 1.807) is 0 Å². The van der Waals surface area contributed by atoms with Crippen molar-refractivity contribution < 1.29 is 28.6 Å². The molecule has 0 saturated carbocycles. The van der Waals surface area contributed by atoms with Gasteiger partial charge in [-0.2, -0.15) is 0 Å². The van der Waals surface area contributed by atoms with E-state index in [9.17, 15) is 14.4 Å². The Morgan fingerprint density at radius 2 is 0.512 bits per heavy atom. The molecular formula is C74H126O6. The van der Waals surface area contributed by atoms with Crippen molar-refractivity contribution in [2.75, 3.05) is 13.2 Å². The molecule has 6 nitrogen and oxygen atoms in total. The third-order valence-electron chi connectivity index (χ3n) is 14.5. The van der Waals surface area contributed by atoms with Crippen LogP contribution in [-0.2, 0) is 28.6 Å². The van der Waals surface area contributed by atoms with E-state index >= 15 is 0 Å². The zero-order valence-corrected chi connectivity index (χ0v) is 52.6. The Bertz CT molecular complexity index is 1610. The first-order valence-electron chi connectivity index (χ1n) is 33.9. The fraction of sp³-hybridized carbons (Fsp3) is 0.716. The summed E-state index contributed by atoms with van der Waals surface area (Å²) < 4.78 is 16.8. The maximum atomic E-state index is 12.9. The Balaban J connectivity index is 4.18. The summed E-state index contributed by atoms with van der Waals surface area (Å²) >= 11 is 0. The van der Waals surface area contributed by atoms with Crippen LogP contribution in [0.2, 0.25) is 0 Å². The summed E-state index contributed by atoms with van der Waals surface area (Å²) in [7, 11) is 0. The number of esters is 3. The second-order valence-corrected chi connectivity index (χ2v) is 22.3. The van der Waals surface area contributed by atoms with Gasteiger partial charge in [-0.15, -0.1) is 0 Å². The van der Waals surface area contributed by atoms with E-state index in [4.69, 9.17) is 14.2 Å². The monoisotopic (exact) mass is 1110 g/mol. The van der Waals surface area contributed by atoms with Crippen molar-refractivity contribution in [3.8, 4) is 0 Å². The fourth-order valence-corrected chi connectivity index (χ4v) is 9.50. The van der Waals surface area contributed by atoms with Crippen molar-refractivity contribution >= 4 is 17.9 Å². The van der Waals surface area contributed by atoms with Gasteiger partial charge in [0.25, 0.3) is 0 Å². The van der Waals surface area contributed by atoms with Gasteiger partial charge in [0.2, 0.25) is 0 Å². The van der Waals surface area contributed by atoms with E-state index in [0.717, 1.165) is 103 Å². The van der Waals surface area contributed by atoms with Crippen LogP contribution in [0.3, 0.4) is 0 Å². The second kappa shape index (κ2) is 67.6. The third-order valence-corrected chi connectivity index (χ3v) is 14.5. The van der Waals surface area contributed by atoms with Crippen LogP contribution in [0.15, 0.2) is 109 Å². The van der Waals surface area contributed by atoms with Crippen molar-refractivity contribution in [2.45, 2.75) is 329 Å². The average molecular weight is 1110 g/mol. The maximum Gasteiger partial charge on any atom is 0.306 e. The molecule has 0 saturated heterocycles. The van der Waals surface area contributed by atoms with Crippen molar-refractivity contribution in [3.05, 3.63) is 109 Å². The summed E-state index contributed by atoms with van der Waals surface area (Å²) in [5.41, 5.74) is 0. The zero-order chi connectivity index (χ0) is 57.8. The van der Waals surface area contributed by atoms with Crippen LogP contribution in [0, 0.1) is 0 Å². The highest BCUT2D eigenvalue weighted by atomic mass is 16.6. The summed E-state index contributed by atoms with van der Waals surface area (Å²) in [5.74, 6) is -0.983. The van der Waals surface area contributed by atoms with Gasteiger partial charge in [-0.05, 0) is 109 Å². The Morgan fingerprint density at radius 1 is 0.263 bits per heavy atom. The molecular weight excluding hydrogens is 985 g/mol. The van der Waals surface area contributed by atoms with E-state index < -0.39 is 6.10 Å². The first kappa shape index (κ1) is 76.1. The molecule has 0 fully saturated rings. The summed E-state index contributed by atoms with van der Waals surface area (Å²) in [6.07, 6.45) is 92.9.